The van der Waals surface area contributed by atoms with Gasteiger partial charge in [-0.05, 0) is 45.8 Å². The summed E-state index contributed by atoms with van der Waals surface area (Å²) in [6.45, 7) is 8.44. The molecule has 2 aromatic heterocycles. The van der Waals surface area contributed by atoms with Crippen molar-refractivity contribution in [1.82, 2.24) is 15.5 Å². The molecule has 0 spiro atoms. The van der Waals surface area contributed by atoms with Gasteiger partial charge in [0.2, 0.25) is 0 Å². The van der Waals surface area contributed by atoms with Gasteiger partial charge < -0.3 is 9.84 Å². The minimum atomic E-state index is -0.0630. The highest BCUT2D eigenvalue weighted by molar-refractivity contribution is 7.14. The highest BCUT2D eigenvalue weighted by Gasteiger charge is 2.14. The Morgan fingerprint density at radius 3 is 2.78 bits per heavy atom. The maximum absolute atomic E-state index is 11.9. The highest BCUT2D eigenvalue weighted by Crippen LogP contribution is 2.23. The Morgan fingerprint density at radius 1 is 1.30 bits per heavy atom. The molecule has 0 aliphatic carbocycles. The van der Waals surface area contributed by atoms with Gasteiger partial charge >= 0.3 is 0 Å². The Hall–Kier alpha value is -1.95. The number of hydrogen-bond acceptors (Lipinski definition) is 5. The lowest BCUT2D eigenvalue weighted by atomic mass is 10.1. The van der Waals surface area contributed by atoms with Gasteiger partial charge in [0.15, 0.2) is 0 Å². The molecule has 0 aliphatic rings. The van der Waals surface area contributed by atoms with Crippen molar-refractivity contribution in [2.24, 2.45) is 0 Å². The van der Waals surface area contributed by atoms with Crippen molar-refractivity contribution in [3.05, 3.63) is 32.6 Å². The van der Waals surface area contributed by atoms with Crippen molar-refractivity contribution in [3.8, 4) is 0 Å². The normalized spacial score (nSPS) is 11.3. The van der Waals surface area contributed by atoms with Crippen LogP contribution in [-0.2, 0) is 6.42 Å². The van der Waals surface area contributed by atoms with E-state index in [0.29, 0.717) is 11.4 Å². The third-order valence-corrected chi connectivity index (χ3v) is 4.62. The van der Waals surface area contributed by atoms with Crippen LogP contribution in [-0.4, -0.2) is 22.6 Å². The van der Waals surface area contributed by atoms with Gasteiger partial charge in [0.1, 0.15) is 15.6 Å². The molecule has 0 radical (unpaired) electrons. The molecule has 0 fully saturated rings. The third kappa shape index (κ3) is 4.28. The standard InChI is InChI=1S/C17H23N3O2S/c1-5-7-8-14-13(12(4)22-20-14)9-10-15-19-11(3)16(23-15)17(21)18-6-2/h9-10H,5-8H2,1-4H3,(H,18,21). The first-order chi connectivity index (χ1) is 11.1. The van der Waals surface area contributed by atoms with Crippen LogP contribution in [0.25, 0.3) is 12.2 Å². The molecule has 1 N–H and O–H groups in total. The molecule has 0 unspecified atom stereocenters. The maximum Gasteiger partial charge on any atom is 0.263 e. The monoisotopic (exact) mass is 333 g/mol. The molecule has 2 heterocycles. The number of nitrogens with zero attached hydrogens (tertiary/aromatic N) is 2. The molecule has 2 aromatic rings. The number of nitrogens with one attached hydrogen (secondary N) is 1. The van der Waals surface area contributed by atoms with E-state index in [9.17, 15) is 4.79 Å². The third-order valence-electron chi connectivity index (χ3n) is 3.50. The van der Waals surface area contributed by atoms with Crippen LogP contribution in [0.1, 0.15) is 64.1 Å². The number of hydrogen-bond donors (Lipinski definition) is 1. The first-order valence-corrected chi connectivity index (χ1v) is 8.77. The van der Waals surface area contributed by atoms with Crippen LogP contribution in [0.3, 0.4) is 0 Å². The van der Waals surface area contributed by atoms with Crippen LogP contribution in [0, 0.1) is 13.8 Å². The Labute approximate surface area is 140 Å². The first-order valence-electron chi connectivity index (χ1n) is 7.95. The van der Waals surface area contributed by atoms with E-state index in [2.05, 4.69) is 22.4 Å². The van der Waals surface area contributed by atoms with Gasteiger partial charge in [-0.25, -0.2) is 4.98 Å². The maximum atomic E-state index is 11.9. The molecule has 0 bridgehead atoms. The summed E-state index contributed by atoms with van der Waals surface area (Å²) < 4.78 is 5.30. The van der Waals surface area contributed by atoms with Crippen LogP contribution in [0.15, 0.2) is 4.52 Å². The van der Waals surface area contributed by atoms with Gasteiger partial charge in [0, 0.05) is 12.1 Å². The summed E-state index contributed by atoms with van der Waals surface area (Å²) in [5.41, 5.74) is 2.76. The molecule has 6 heteroatoms. The molecule has 2 rings (SSSR count). The molecule has 0 saturated heterocycles. The Kier molecular flexibility index (Phi) is 6.10. The first kappa shape index (κ1) is 17.4. The molecular formula is C17H23N3O2S. The van der Waals surface area contributed by atoms with Crippen LogP contribution in [0.5, 0.6) is 0 Å². The van der Waals surface area contributed by atoms with E-state index in [4.69, 9.17) is 4.52 Å². The van der Waals surface area contributed by atoms with Crippen molar-refractivity contribution in [1.29, 1.82) is 0 Å². The van der Waals surface area contributed by atoms with E-state index in [1.807, 2.05) is 32.9 Å². The smallest absolute Gasteiger partial charge is 0.263 e. The summed E-state index contributed by atoms with van der Waals surface area (Å²) in [5.74, 6) is 0.747. The zero-order valence-corrected chi connectivity index (χ0v) is 14.9. The Bertz CT molecular complexity index is 701. The van der Waals surface area contributed by atoms with Crippen molar-refractivity contribution >= 4 is 29.4 Å². The molecule has 23 heavy (non-hydrogen) atoms. The minimum absolute atomic E-state index is 0.0630. The summed E-state index contributed by atoms with van der Waals surface area (Å²) in [6, 6.07) is 0. The zero-order valence-electron chi connectivity index (χ0n) is 14.1. The molecule has 0 aromatic carbocycles. The van der Waals surface area contributed by atoms with Gasteiger partial charge in [-0.15, -0.1) is 11.3 Å². The van der Waals surface area contributed by atoms with Gasteiger partial charge in [-0.3, -0.25) is 4.79 Å². The molecule has 5 nitrogen and oxygen atoms in total. The summed E-state index contributed by atoms with van der Waals surface area (Å²) in [7, 11) is 0. The lowest BCUT2D eigenvalue weighted by molar-refractivity contribution is 0.0959. The predicted octanol–water partition coefficient (Wildman–Crippen LogP) is 4.01. The van der Waals surface area contributed by atoms with E-state index in [1.165, 1.54) is 11.3 Å². The number of carbonyl (C=O) groups excluding carboxylic acids is 1. The number of amides is 1. The summed E-state index contributed by atoms with van der Waals surface area (Å²) in [5, 5.41) is 7.75. The number of carbonyl (C=O) groups is 1. The lowest BCUT2D eigenvalue weighted by Gasteiger charge is -1.97. The number of aryl methyl sites for hydroxylation is 3. The Balaban J connectivity index is 2.19. The van der Waals surface area contributed by atoms with E-state index in [1.54, 1.807) is 0 Å². The van der Waals surface area contributed by atoms with Gasteiger partial charge in [0.05, 0.1) is 11.4 Å². The fourth-order valence-electron chi connectivity index (χ4n) is 2.26. The van der Waals surface area contributed by atoms with Crippen molar-refractivity contribution < 1.29 is 9.32 Å². The van der Waals surface area contributed by atoms with Crippen LogP contribution in [0.4, 0.5) is 0 Å². The fraction of sp³-hybridized carbons (Fsp3) is 0.471. The molecule has 0 atom stereocenters. The van der Waals surface area contributed by atoms with E-state index < -0.39 is 0 Å². The van der Waals surface area contributed by atoms with Gasteiger partial charge in [-0.1, -0.05) is 18.5 Å². The topological polar surface area (TPSA) is 68.0 Å². The summed E-state index contributed by atoms with van der Waals surface area (Å²) >= 11 is 1.40. The Morgan fingerprint density at radius 2 is 2.09 bits per heavy atom. The lowest BCUT2D eigenvalue weighted by Crippen LogP contribution is -2.22. The summed E-state index contributed by atoms with van der Waals surface area (Å²) in [6.07, 6.45) is 7.03. The van der Waals surface area contributed by atoms with E-state index in [-0.39, 0.29) is 5.91 Å². The minimum Gasteiger partial charge on any atom is -0.361 e. The SMILES string of the molecule is CCCCc1noc(C)c1C=Cc1nc(C)c(C(=O)NCC)s1. The summed E-state index contributed by atoms with van der Waals surface area (Å²) in [4.78, 5) is 17.1. The average Bonchev–Trinajstić information content (AvgIpc) is 3.06. The number of unbranched alkanes of at least 4 members (excludes halogenated alkanes) is 1. The van der Waals surface area contributed by atoms with Crippen molar-refractivity contribution in [2.45, 2.75) is 47.0 Å². The second-order valence-electron chi connectivity index (χ2n) is 5.36. The number of thiazole rings is 1. The molecule has 0 saturated carbocycles. The quantitative estimate of drug-likeness (QED) is 0.831. The average molecular weight is 333 g/mol. The zero-order chi connectivity index (χ0) is 16.8. The van der Waals surface area contributed by atoms with E-state index >= 15 is 0 Å². The second kappa shape index (κ2) is 8.06. The second-order valence-corrected chi connectivity index (χ2v) is 6.39. The largest absolute Gasteiger partial charge is 0.361 e. The van der Waals surface area contributed by atoms with Crippen LogP contribution < -0.4 is 5.32 Å². The van der Waals surface area contributed by atoms with E-state index in [0.717, 1.165) is 47.0 Å². The molecule has 0 aliphatic heterocycles. The van der Waals surface area contributed by atoms with Crippen molar-refractivity contribution in [3.63, 3.8) is 0 Å². The molecule has 1 amide bonds. The fourth-order valence-corrected chi connectivity index (χ4v) is 3.14. The predicted molar refractivity (Wildman–Crippen MR) is 93.6 cm³/mol. The highest BCUT2D eigenvalue weighted by atomic mass is 32.1. The molecular weight excluding hydrogens is 310 g/mol. The van der Waals surface area contributed by atoms with Crippen molar-refractivity contribution in [2.75, 3.05) is 6.54 Å². The van der Waals surface area contributed by atoms with Crippen LogP contribution >= 0.6 is 11.3 Å². The molecule has 124 valence electrons. The number of aromatic nitrogens is 2. The number of rotatable bonds is 7. The van der Waals surface area contributed by atoms with Gasteiger partial charge in [-0.2, -0.15) is 0 Å². The van der Waals surface area contributed by atoms with Gasteiger partial charge in [0.25, 0.3) is 5.91 Å². The van der Waals surface area contributed by atoms with Crippen LogP contribution in [0.2, 0.25) is 0 Å².